The first-order valence-electron chi connectivity index (χ1n) is 8.40. The molecule has 1 aromatic carbocycles. The van der Waals surface area contributed by atoms with Gasteiger partial charge in [-0.15, -0.1) is 0 Å². The number of rotatable bonds is 4. The van der Waals surface area contributed by atoms with Crippen LogP contribution in [0.2, 0.25) is 0 Å². The van der Waals surface area contributed by atoms with E-state index in [0.717, 1.165) is 17.1 Å². The minimum Gasteiger partial charge on any atom is -0.550 e. The van der Waals surface area contributed by atoms with Crippen molar-refractivity contribution in [3.8, 4) is 11.3 Å². The van der Waals surface area contributed by atoms with Crippen LogP contribution >= 0.6 is 0 Å². The fourth-order valence-electron chi connectivity index (χ4n) is 4.07. The molecule has 2 bridgehead atoms. The first-order valence-corrected chi connectivity index (χ1v) is 8.40. The number of benzene rings is 1. The molecular formula is C20H18NO4-. The van der Waals surface area contributed by atoms with Gasteiger partial charge in [-0.3, -0.25) is 4.79 Å². The van der Waals surface area contributed by atoms with Crippen molar-refractivity contribution >= 4 is 17.6 Å². The van der Waals surface area contributed by atoms with E-state index in [0.29, 0.717) is 12.1 Å². The van der Waals surface area contributed by atoms with Gasteiger partial charge in [0.25, 0.3) is 0 Å². The number of aliphatic carboxylic acids is 1. The molecule has 128 valence electrons. The van der Waals surface area contributed by atoms with Gasteiger partial charge in [0.2, 0.25) is 5.91 Å². The van der Waals surface area contributed by atoms with Crippen molar-refractivity contribution in [3.63, 3.8) is 0 Å². The summed E-state index contributed by atoms with van der Waals surface area (Å²) in [5.74, 6) is -1.30. The van der Waals surface area contributed by atoms with Crippen LogP contribution in [0.3, 0.4) is 0 Å². The molecule has 1 aromatic heterocycles. The zero-order chi connectivity index (χ0) is 17.6. The summed E-state index contributed by atoms with van der Waals surface area (Å²) >= 11 is 0. The van der Waals surface area contributed by atoms with Gasteiger partial charge in [0.1, 0.15) is 11.5 Å². The molecule has 1 fully saturated rings. The number of amides is 1. The first kappa shape index (κ1) is 15.7. The quantitative estimate of drug-likeness (QED) is 0.869. The van der Waals surface area contributed by atoms with E-state index in [1.165, 1.54) is 0 Å². The van der Waals surface area contributed by atoms with Crippen molar-refractivity contribution in [2.45, 2.75) is 13.3 Å². The Morgan fingerprint density at radius 2 is 1.88 bits per heavy atom. The molecule has 1 saturated carbocycles. The predicted octanol–water partition coefficient (Wildman–Crippen LogP) is 2.38. The molecule has 0 saturated heterocycles. The number of aryl methyl sites for hydroxylation is 1. The summed E-state index contributed by atoms with van der Waals surface area (Å²) in [5, 5.41) is 14.3. The molecule has 0 aliphatic heterocycles. The number of hydrogen-bond acceptors (Lipinski definition) is 4. The maximum absolute atomic E-state index is 12.7. The third-order valence-corrected chi connectivity index (χ3v) is 5.19. The Labute approximate surface area is 145 Å². The van der Waals surface area contributed by atoms with Crippen LogP contribution in [0.15, 0.2) is 53.0 Å². The Hall–Kier alpha value is -2.82. The topological polar surface area (TPSA) is 82.4 Å². The lowest BCUT2D eigenvalue weighted by Gasteiger charge is -2.27. The van der Waals surface area contributed by atoms with E-state index in [1.54, 1.807) is 6.07 Å². The average Bonchev–Trinajstić information content (AvgIpc) is 3.30. The summed E-state index contributed by atoms with van der Waals surface area (Å²) in [6.45, 7) is 1.87. The Morgan fingerprint density at radius 3 is 2.56 bits per heavy atom. The van der Waals surface area contributed by atoms with E-state index < -0.39 is 17.8 Å². The van der Waals surface area contributed by atoms with Gasteiger partial charge in [0.15, 0.2) is 0 Å². The van der Waals surface area contributed by atoms with Crippen LogP contribution in [0.5, 0.6) is 0 Å². The van der Waals surface area contributed by atoms with E-state index in [1.807, 2.05) is 49.4 Å². The monoisotopic (exact) mass is 336 g/mol. The normalized spacial score (nSPS) is 26.8. The lowest BCUT2D eigenvalue weighted by molar-refractivity contribution is -0.313. The fraction of sp³-hybridized carbons (Fsp3) is 0.300. The number of nitrogens with one attached hydrogen (secondary N) is 1. The van der Waals surface area contributed by atoms with E-state index in [-0.39, 0.29) is 17.7 Å². The van der Waals surface area contributed by atoms with Gasteiger partial charge < -0.3 is 19.6 Å². The van der Waals surface area contributed by atoms with E-state index in [4.69, 9.17) is 4.42 Å². The smallest absolute Gasteiger partial charge is 0.228 e. The maximum Gasteiger partial charge on any atom is 0.228 e. The number of carbonyl (C=O) groups excluding carboxylic acids is 2. The number of hydrogen-bond donors (Lipinski definition) is 1. The SMILES string of the molecule is Cc1ccc(-c2cccc(NC(=O)[C@@H]3[C@H](C(=O)[O-])[C@@H]4C=C[C@H]3C4)c2)o1. The molecule has 0 radical (unpaired) electrons. The summed E-state index contributed by atoms with van der Waals surface area (Å²) in [5.41, 5.74) is 1.48. The van der Waals surface area contributed by atoms with Crippen LogP contribution in [0.1, 0.15) is 12.2 Å². The number of carboxylic acid groups (broad SMARTS) is 1. The van der Waals surface area contributed by atoms with Gasteiger partial charge in [0, 0.05) is 23.1 Å². The van der Waals surface area contributed by atoms with E-state index in [9.17, 15) is 14.7 Å². The third-order valence-electron chi connectivity index (χ3n) is 5.19. The lowest BCUT2D eigenvalue weighted by atomic mass is 9.82. The van der Waals surface area contributed by atoms with Crippen LogP contribution in [-0.2, 0) is 9.59 Å². The molecule has 5 nitrogen and oxygen atoms in total. The molecule has 2 aliphatic carbocycles. The number of carbonyl (C=O) groups is 2. The van der Waals surface area contributed by atoms with Crippen molar-refractivity contribution in [1.82, 2.24) is 0 Å². The van der Waals surface area contributed by atoms with E-state index >= 15 is 0 Å². The molecule has 2 aliphatic rings. The second-order valence-corrected chi connectivity index (χ2v) is 6.80. The molecule has 25 heavy (non-hydrogen) atoms. The third kappa shape index (κ3) is 2.76. The van der Waals surface area contributed by atoms with Gasteiger partial charge in [-0.25, -0.2) is 0 Å². The maximum atomic E-state index is 12.7. The largest absolute Gasteiger partial charge is 0.550 e. The van der Waals surface area contributed by atoms with Crippen molar-refractivity contribution in [2.24, 2.45) is 23.7 Å². The number of furan rings is 1. The summed E-state index contributed by atoms with van der Waals surface area (Å²) < 4.78 is 5.61. The van der Waals surface area contributed by atoms with Crippen molar-refractivity contribution < 1.29 is 19.1 Å². The highest BCUT2D eigenvalue weighted by Gasteiger charge is 2.48. The number of fused-ring (bicyclic) bond motifs is 2. The van der Waals surface area contributed by atoms with Crippen molar-refractivity contribution in [3.05, 3.63) is 54.3 Å². The zero-order valence-electron chi connectivity index (χ0n) is 13.8. The summed E-state index contributed by atoms with van der Waals surface area (Å²) in [6, 6.07) is 11.1. The van der Waals surface area contributed by atoms with Gasteiger partial charge >= 0.3 is 0 Å². The highest BCUT2D eigenvalue weighted by Crippen LogP contribution is 2.48. The van der Waals surface area contributed by atoms with Crippen LogP contribution in [0.25, 0.3) is 11.3 Å². The standard InChI is InChI=1S/C20H19NO4/c1-11-5-8-16(25-11)12-3-2-4-15(10-12)21-19(22)17-13-6-7-14(9-13)18(17)20(23)24/h2-8,10,13-14,17-18H,9H2,1H3,(H,21,22)(H,23,24)/p-1/t13-,14+,17-,18+/m0/s1. The van der Waals surface area contributed by atoms with Crippen molar-refractivity contribution in [1.29, 1.82) is 0 Å². The molecule has 5 heteroatoms. The highest BCUT2D eigenvalue weighted by molar-refractivity contribution is 5.96. The van der Waals surface area contributed by atoms with Crippen LogP contribution < -0.4 is 10.4 Å². The predicted molar refractivity (Wildman–Crippen MR) is 90.2 cm³/mol. The molecule has 1 N–H and O–H groups in total. The van der Waals surface area contributed by atoms with E-state index in [2.05, 4.69) is 5.32 Å². The summed E-state index contributed by atoms with van der Waals surface area (Å²) in [7, 11) is 0. The fourth-order valence-corrected chi connectivity index (χ4v) is 4.07. The summed E-state index contributed by atoms with van der Waals surface area (Å²) in [4.78, 5) is 24.2. The second-order valence-electron chi connectivity index (χ2n) is 6.80. The Morgan fingerprint density at radius 1 is 1.12 bits per heavy atom. The van der Waals surface area contributed by atoms with Gasteiger partial charge in [-0.1, -0.05) is 24.3 Å². The van der Waals surface area contributed by atoms with Gasteiger partial charge in [-0.05, 0) is 49.4 Å². The second kappa shape index (κ2) is 5.92. The molecule has 1 amide bonds. The molecule has 2 aromatic rings. The number of carboxylic acids is 1. The molecule has 1 heterocycles. The Balaban J connectivity index is 1.55. The van der Waals surface area contributed by atoms with Crippen LogP contribution in [0, 0.1) is 30.6 Å². The Bertz CT molecular complexity index is 866. The van der Waals surface area contributed by atoms with Gasteiger partial charge in [0.05, 0.1) is 5.92 Å². The summed E-state index contributed by atoms with van der Waals surface area (Å²) in [6.07, 6.45) is 4.56. The molecule has 4 atom stereocenters. The first-order chi connectivity index (χ1) is 12.0. The lowest BCUT2D eigenvalue weighted by Crippen LogP contribution is -2.42. The Kier molecular flexibility index (Phi) is 3.71. The molecule has 0 spiro atoms. The molecule has 4 rings (SSSR count). The van der Waals surface area contributed by atoms with Crippen LogP contribution in [-0.4, -0.2) is 11.9 Å². The van der Waals surface area contributed by atoms with Gasteiger partial charge in [-0.2, -0.15) is 0 Å². The number of anilines is 1. The minimum atomic E-state index is -1.14. The molecule has 0 unspecified atom stereocenters. The molecular weight excluding hydrogens is 318 g/mol. The number of allylic oxidation sites excluding steroid dienone is 2. The zero-order valence-corrected chi connectivity index (χ0v) is 13.8. The average molecular weight is 336 g/mol. The van der Waals surface area contributed by atoms with Crippen LogP contribution in [0.4, 0.5) is 5.69 Å². The minimum absolute atomic E-state index is 0.0243. The van der Waals surface area contributed by atoms with Crippen molar-refractivity contribution in [2.75, 3.05) is 5.32 Å². The highest BCUT2D eigenvalue weighted by atomic mass is 16.4.